The van der Waals surface area contributed by atoms with E-state index in [0.29, 0.717) is 5.56 Å². The lowest BCUT2D eigenvalue weighted by molar-refractivity contribution is 0.830. The van der Waals surface area contributed by atoms with Crippen LogP contribution in [-0.4, -0.2) is 0 Å². The number of hydrogen-bond acceptors (Lipinski definition) is 3. The van der Waals surface area contributed by atoms with Gasteiger partial charge in [-0.2, -0.15) is 5.26 Å². The van der Waals surface area contributed by atoms with Crippen LogP contribution in [0.2, 0.25) is 0 Å². The van der Waals surface area contributed by atoms with Crippen LogP contribution >= 0.6 is 0 Å². The van der Waals surface area contributed by atoms with Crippen molar-refractivity contribution in [3.63, 3.8) is 0 Å². The molecule has 0 aromatic heterocycles. The maximum Gasteiger partial charge on any atom is 0.130 e. The Morgan fingerprint density at radius 1 is 0.468 bits per heavy atom. The molecular formula is C44H29N3. The second kappa shape index (κ2) is 10.9. The van der Waals surface area contributed by atoms with Crippen LogP contribution in [-0.2, 0) is 0 Å². The molecular weight excluding hydrogens is 571 g/mol. The van der Waals surface area contributed by atoms with Crippen molar-refractivity contribution >= 4 is 49.4 Å². The van der Waals surface area contributed by atoms with Crippen molar-refractivity contribution in [1.82, 2.24) is 0 Å². The van der Waals surface area contributed by atoms with Crippen LogP contribution in [0.3, 0.4) is 0 Å². The number of rotatable bonds is 4. The zero-order valence-corrected chi connectivity index (χ0v) is 25.6. The van der Waals surface area contributed by atoms with Crippen molar-refractivity contribution in [2.45, 2.75) is 6.17 Å². The number of nitrogens with zero attached hydrogens (tertiary/aromatic N) is 2. The molecule has 0 fully saturated rings. The summed E-state index contributed by atoms with van der Waals surface area (Å²) < 4.78 is 0. The van der Waals surface area contributed by atoms with Crippen molar-refractivity contribution in [3.05, 3.63) is 175 Å². The molecule has 8 aromatic carbocycles. The van der Waals surface area contributed by atoms with E-state index in [1.54, 1.807) is 0 Å². The first-order chi connectivity index (χ1) is 23.2. The van der Waals surface area contributed by atoms with Gasteiger partial charge in [0, 0.05) is 5.69 Å². The quantitative estimate of drug-likeness (QED) is 0.219. The number of hydrogen-bond donors (Lipinski definition) is 1. The van der Waals surface area contributed by atoms with Gasteiger partial charge in [-0.05, 0) is 127 Å². The van der Waals surface area contributed by atoms with E-state index in [1.165, 1.54) is 60.7 Å². The van der Waals surface area contributed by atoms with Crippen LogP contribution in [0.25, 0.3) is 54.6 Å². The summed E-state index contributed by atoms with van der Waals surface area (Å²) in [5, 5.41) is 20.1. The van der Waals surface area contributed by atoms with Gasteiger partial charge in [0.05, 0.1) is 23.0 Å². The largest absolute Gasteiger partial charge is 0.359 e. The number of fused-ring (bicyclic) bond motifs is 4. The molecule has 0 aliphatic carbocycles. The fraction of sp³-hybridized carbons (Fsp3) is 0.0227. The minimum absolute atomic E-state index is 0.00952. The first-order valence-corrected chi connectivity index (χ1v) is 15.9. The van der Waals surface area contributed by atoms with Crippen LogP contribution in [0, 0.1) is 11.3 Å². The van der Waals surface area contributed by atoms with E-state index in [-0.39, 0.29) is 6.17 Å². The van der Waals surface area contributed by atoms with Gasteiger partial charge in [-0.25, -0.2) is 0 Å². The Balaban J connectivity index is 1.02. The molecule has 220 valence electrons. The molecule has 0 amide bonds. The molecule has 3 heteroatoms. The molecule has 0 saturated heterocycles. The molecule has 1 unspecified atom stereocenters. The van der Waals surface area contributed by atoms with Crippen LogP contribution < -0.4 is 10.2 Å². The molecule has 8 aromatic rings. The first kappa shape index (κ1) is 27.0. The van der Waals surface area contributed by atoms with Crippen LogP contribution in [0.15, 0.2) is 164 Å². The van der Waals surface area contributed by atoms with Crippen molar-refractivity contribution in [2.75, 3.05) is 10.2 Å². The fourth-order valence-corrected chi connectivity index (χ4v) is 6.98. The van der Waals surface area contributed by atoms with Crippen LogP contribution in [0.1, 0.15) is 17.3 Å². The number of anilines is 3. The zero-order chi connectivity index (χ0) is 31.3. The molecule has 0 radical (unpaired) electrons. The monoisotopic (exact) mass is 599 g/mol. The Hall–Kier alpha value is -6.37. The molecule has 0 spiro atoms. The molecule has 1 aliphatic rings. The Morgan fingerprint density at radius 2 is 0.957 bits per heavy atom. The molecule has 1 atom stereocenters. The lowest BCUT2D eigenvalue weighted by Gasteiger charge is -2.27. The summed E-state index contributed by atoms with van der Waals surface area (Å²) >= 11 is 0. The Kier molecular flexibility index (Phi) is 6.26. The zero-order valence-electron chi connectivity index (χ0n) is 25.6. The third-order valence-electron chi connectivity index (χ3n) is 9.40. The molecule has 47 heavy (non-hydrogen) atoms. The van der Waals surface area contributed by atoms with Gasteiger partial charge >= 0.3 is 0 Å². The van der Waals surface area contributed by atoms with Gasteiger partial charge < -0.3 is 10.2 Å². The fourth-order valence-electron chi connectivity index (χ4n) is 6.98. The molecule has 1 N–H and O–H groups in total. The molecule has 0 bridgehead atoms. The number of nitriles is 1. The summed E-state index contributed by atoms with van der Waals surface area (Å²) in [7, 11) is 0. The number of nitrogens with one attached hydrogen (secondary N) is 1. The summed E-state index contributed by atoms with van der Waals surface area (Å²) in [6.07, 6.45) is 0.00952. The second-order valence-electron chi connectivity index (χ2n) is 12.3. The average Bonchev–Trinajstić information content (AvgIpc) is 3.53. The van der Waals surface area contributed by atoms with Crippen molar-refractivity contribution in [1.29, 1.82) is 5.26 Å². The van der Waals surface area contributed by atoms with Gasteiger partial charge in [0.1, 0.15) is 6.17 Å². The highest BCUT2D eigenvalue weighted by Crippen LogP contribution is 2.46. The summed E-state index contributed by atoms with van der Waals surface area (Å²) in [4.78, 5) is 2.39. The van der Waals surface area contributed by atoms with Crippen LogP contribution in [0.4, 0.5) is 17.1 Å². The normalized spacial score (nSPS) is 13.9. The highest BCUT2D eigenvalue weighted by atomic mass is 15.3. The molecule has 1 aliphatic heterocycles. The van der Waals surface area contributed by atoms with E-state index in [4.69, 9.17) is 0 Å². The number of benzene rings is 8. The third kappa shape index (κ3) is 4.76. The van der Waals surface area contributed by atoms with Crippen molar-refractivity contribution < 1.29 is 0 Å². The maximum atomic E-state index is 9.23. The second-order valence-corrected chi connectivity index (χ2v) is 12.3. The molecule has 3 nitrogen and oxygen atoms in total. The van der Waals surface area contributed by atoms with Gasteiger partial charge in [-0.1, -0.05) is 97.1 Å². The minimum Gasteiger partial charge on any atom is -0.359 e. The Morgan fingerprint density at radius 3 is 1.55 bits per heavy atom. The lowest BCUT2D eigenvalue weighted by atomic mass is 9.95. The standard InChI is InChI=1S/C44H29N3/c45-28-29-10-11-31-23-32(13-12-30(31)22-29)33-14-15-35-25-36(17-16-34(35)24-33)37-18-19-39-27-40(21-20-38(39)26-37)44-46-42-8-4-5-9-43(42)47(44)41-6-2-1-3-7-41/h1-27,44,46H. The summed E-state index contributed by atoms with van der Waals surface area (Å²) in [5.41, 5.74) is 10.2. The van der Waals surface area contributed by atoms with E-state index < -0.39 is 0 Å². The highest BCUT2D eigenvalue weighted by molar-refractivity contribution is 5.95. The van der Waals surface area contributed by atoms with Crippen molar-refractivity contribution in [2.24, 2.45) is 0 Å². The maximum absolute atomic E-state index is 9.23. The van der Waals surface area contributed by atoms with E-state index >= 15 is 0 Å². The van der Waals surface area contributed by atoms with E-state index in [1.807, 2.05) is 18.2 Å². The molecule has 1 heterocycles. The predicted molar refractivity (Wildman–Crippen MR) is 196 cm³/mol. The average molecular weight is 600 g/mol. The van der Waals surface area contributed by atoms with Gasteiger partial charge in [-0.3, -0.25) is 0 Å². The third-order valence-corrected chi connectivity index (χ3v) is 9.40. The summed E-state index contributed by atoms with van der Waals surface area (Å²) in [5.74, 6) is 0. The van der Waals surface area contributed by atoms with E-state index in [0.717, 1.165) is 16.5 Å². The summed E-state index contributed by atoms with van der Waals surface area (Å²) in [6, 6.07) is 60.7. The first-order valence-electron chi connectivity index (χ1n) is 15.9. The highest BCUT2D eigenvalue weighted by Gasteiger charge is 2.30. The van der Waals surface area contributed by atoms with Gasteiger partial charge in [-0.15, -0.1) is 0 Å². The van der Waals surface area contributed by atoms with Gasteiger partial charge in [0.2, 0.25) is 0 Å². The Bertz CT molecular complexity index is 2530. The molecule has 0 saturated carbocycles. The van der Waals surface area contributed by atoms with Crippen molar-refractivity contribution in [3.8, 4) is 28.3 Å². The Labute approximate surface area is 273 Å². The SMILES string of the molecule is N#Cc1ccc2cc(-c3ccc4cc(-c5ccc6cc(C7Nc8ccccc8N7c7ccccc7)ccc6c5)ccc4c3)ccc2c1. The topological polar surface area (TPSA) is 39.1 Å². The van der Waals surface area contributed by atoms with E-state index in [9.17, 15) is 5.26 Å². The molecule has 9 rings (SSSR count). The van der Waals surface area contributed by atoms with E-state index in [2.05, 4.69) is 162 Å². The minimum atomic E-state index is 0.00952. The smallest absolute Gasteiger partial charge is 0.130 e. The lowest BCUT2D eigenvalue weighted by Crippen LogP contribution is -2.23. The van der Waals surface area contributed by atoms with Gasteiger partial charge in [0.15, 0.2) is 0 Å². The summed E-state index contributed by atoms with van der Waals surface area (Å²) in [6.45, 7) is 0. The van der Waals surface area contributed by atoms with Gasteiger partial charge in [0.25, 0.3) is 0 Å². The number of para-hydroxylation sites is 3. The van der Waals surface area contributed by atoms with Crippen LogP contribution in [0.5, 0.6) is 0 Å². The predicted octanol–water partition coefficient (Wildman–Crippen LogP) is 11.6.